The summed E-state index contributed by atoms with van der Waals surface area (Å²) in [6, 6.07) is 4.70. The van der Waals surface area contributed by atoms with E-state index >= 15 is 0 Å². The third-order valence-electron chi connectivity index (χ3n) is 5.41. The summed E-state index contributed by atoms with van der Waals surface area (Å²) in [5, 5.41) is 13.2. The lowest BCUT2D eigenvalue weighted by atomic mass is 9.93. The van der Waals surface area contributed by atoms with Crippen molar-refractivity contribution in [1.82, 2.24) is 4.90 Å². The molecule has 1 unspecified atom stereocenters. The van der Waals surface area contributed by atoms with Gasteiger partial charge < -0.3 is 29.1 Å². The maximum Gasteiger partial charge on any atom is 0.407 e. The number of benzene rings is 1. The fourth-order valence-electron chi connectivity index (χ4n) is 3.79. The van der Waals surface area contributed by atoms with Gasteiger partial charge in [0.2, 0.25) is 0 Å². The third kappa shape index (κ3) is 4.36. The molecule has 10 heteroatoms. The zero-order valence-electron chi connectivity index (χ0n) is 15.7. The average Bonchev–Trinajstić information content (AvgIpc) is 3.33. The number of alkyl halides is 2. The molecule has 1 atom stereocenters. The van der Waals surface area contributed by atoms with E-state index in [0.29, 0.717) is 56.8 Å². The molecule has 0 radical (unpaired) electrons. The van der Waals surface area contributed by atoms with E-state index in [9.17, 15) is 13.6 Å². The van der Waals surface area contributed by atoms with Crippen molar-refractivity contribution in [2.75, 3.05) is 26.3 Å². The summed E-state index contributed by atoms with van der Waals surface area (Å²) >= 11 is 0. The molecule has 0 aromatic heterocycles. The Labute approximate surface area is 166 Å². The van der Waals surface area contributed by atoms with E-state index in [0.717, 1.165) is 6.42 Å². The van der Waals surface area contributed by atoms with Crippen LogP contribution in [0.4, 0.5) is 13.6 Å². The SMILES string of the molecule is O=C(O)N1CCC(Oc2cc(C3=NOC4(CCOC4)C3)ccc2OC(F)F)CC1. The molecule has 0 saturated carbocycles. The smallest absolute Gasteiger partial charge is 0.407 e. The first-order chi connectivity index (χ1) is 13.9. The molecule has 1 amide bonds. The van der Waals surface area contributed by atoms with Crippen LogP contribution in [0.5, 0.6) is 11.5 Å². The van der Waals surface area contributed by atoms with Crippen molar-refractivity contribution >= 4 is 11.8 Å². The van der Waals surface area contributed by atoms with Gasteiger partial charge in [-0.25, -0.2) is 4.79 Å². The standard InChI is InChI=1S/C19H22F2N2O6/c20-17(21)28-15-2-1-12(14-10-19(29-22-14)5-8-26-11-19)9-16(15)27-13-3-6-23(7-4-13)18(24)25/h1-2,9,13,17H,3-8,10-11H2,(H,24,25). The second-order valence-electron chi connectivity index (χ2n) is 7.42. The largest absolute Gasteiger partial charge is 0.486 e. The van der Waals surface area contributed by atoms with Gasteiger partial charge in [-0.2, -0.15) is 8.78 Å². The van der Waals surface area contributed by atoms with Gasteiger partial charge in [0.25, 0.3) is 0 Å². The molecule has 8 nitrogen and oxygen atoms in total. The van der Waals surface area contributed by atoms with Crippen LogP contribution in [0.25, 0.3) is 0 Å². The van der Waals surface area contributed by atoms with Crippen LogP contribution in [0, 0.1) is 0 Å². The van der Waals surface area contributed by atoms with E-state index in [4.69, 9.17) is 19.4 Å². The van der Waals surface area contributed by atoms with Crippen LogP contribution in [0.15, 0.2) is 23.4 Å². The number of amides is 1. The highest BCUT2D eigenvalue weighted by molar-refractivity contribution is 6.02. The number of rotatable bonds is 5. The Morgan fingerprint density at radius 2 is 2.10 bits per heavy atom. The molecule has 158 valence electrons. The van der Waals surface area contributed by atoms with Crippen LogP contribution in [0.3, 0.4) is 0 Å². The van der Waals surface area contributed by atoms with Gasteiger partial charge in [-0.15, -0.1) is 0 Å². The molecule has 1 aromatic carbocycles. The van der Waals surface area contributed by atoms with Gasteiger partial charge in [-0.3, -0.25) is 0 Å². The minimum Gasteiger partial charge on any atom is -0.486 e. The Hall–Kier alpha value is -2.62. The Morgan fingerprint density at radius 3 is 2.76 bits per heavy atom. The molecule has 1 N–H and O–H groups in total. The zero-order valence-corrected chi connectivity index (χ0v) is 15.7. The number of halogens is 2. The summed E-state index contributed by atoms with van der Waals surface area (Å²) in [5.74, 6) is 0.116. The molecule has 2 fully saturated rings. The quantitative estimate of drug-likeness (QED) is 0.800. The van der Waals surface area contributed by atoms with Crippen LogP contribution in [0.2, 0.25) is 0 Å². The molecule has 3 aliphatic rings. The van der Waals surface area contributed by atoms with E-state index in [2.05, 4.69) is 9.89 Å². The van der Waals surface area contributed by atoms with Crippen LogP contribution in [0.1, 0.15) is 31.2 Å². The second-order valence-corrected chi connectivity index (χ2v) is 7.42. The van der Waals surface area contributed by atoms with Crippen molar-refractivity contribution in [3.8, 4) is 11.5 Å². The number of hydrogen-bond acceptors (Lipinski definition) is 6. The zero-order chi connectivity index (χ0) is 20.4. The fourth-order valence-corrected chi connectivity index (χ4v) is 3.79. The predicted molar refractivity (Wildman–Crippen MR) is 96.7 cm³/mol. The van der Waals surface area contributed by atoms with Crippen LogP contribution in [-0.2, 0) is 9.57 Å². The van der Waals surface area contributed by atoms with E-state index in [1.54, 1.807) is 12.1 Å². The molecular weight excluding hydrogens is 390 g/mol. The number of ether oxygens (including phenoxy) is 3. The second kappa shape index (κ2) is 8.02. The molecule has 0 aliphatic carbocycles. The summed E-state index contributed by atoms with van der Waals surface area (Å²) in [7, 11) is 0. The number of oxime groups is 1. The van der Waals surface area contributed by atoms with Gasteiger partial charge in [0.1, 0.15) is 6.10 Å². The average molecular weight is 412 g/mol. The maximum absolute atomic E-state index is 12.8. The van der Waals surface area contributed by atoms with E-state index < -0.39 is 18.3 Å². The van der Waals surface area contributed by atoms with Crippen LogP contribution >= 0.6 is 0 Å². The maximum atomic E-state index is 12.8. The molecule has 0 bridgehead atoms. The van der Waals surface area contributed by atoms with Crippen LogP contribution in [-0.4, -0.2) is 66.4 Å². The molecule has 4 rings (SSSR count). The number of nitrogens with zero attached hydrogens (tertiary/aromatic N) is 2. The molecule has 2 saturated heterocycles. The van der Waals surface area contributed by atoms with Gasteiger partial charge >= 0.3 is 12.7 Å². The van der Waals surface area contributed by atoms with Crippen molar-refractivity contribution in [3.63, 3.8) is 0 Å². The number of piperidine rings is 1. The molecule has 3 aliphatic heterocycles. The van der Waals surface area contributed by atoms with Gasteiger partial charge in [0, 0.05) is 44.3 Å². The lowest BCUT2D eigenvalue weighted by Crippen LogP contribution is -2.41. The van der Waals surface area contributed by atoms with E-state index in [1.807, 2.05) is 0 Å². The van der Waals surface area contributed by atoms with Crippen LogP contribution < -0.4 is 9.47 Å². The minimum atomic E-state index is -2.98. The number of hydrogen-bond donors (Lipinski definition) is 1. The summed E-state index contributed by atoms with van der Waals surface area (Å²) in [6.07, 6.45) is 0.981. The topological polar surface area (TPSA) is 89.8 Å². The highest BCUT2D eigenvalue weighted by Gasteiger charge is 2.43. The van der Waals surface area contributed by atoms with Gasteiger partial charge in [-0.1, -0.05) is 5.16 Å². The van der Waals surface area contributed by atoms with Crippen molar-refractivity contribution in [2.24, 2.45) is 5.16 Å². The number of carboxylic acid groups (broad SMARTS) is 1. The van der Waals surface area contributed by atoms with Crippen molar-refractivity contribution in [1.29, 1.82) is 0 Å². The first-order valence-corrected chi connectivity index (χ1v) is 9.51. The number of carbonyl (C=O) groups is 1. The first-order valence-electron chi connectivity index (χ1n) is 9.51. The highest BCUT2D eigenvalue weighted by Crippen LogP contribution is 2.37. The third-order valence-corrected chi connectivity index (χ3v) is 5.41. The van der Waals surface area contributed by atoms with E-state index in [-0.39, 0.29) is 17.6 Å². The summed E-state index contributed by atoms with van der Waals surface area (Å²) in [6.45, 7) is -1.24. The Bertz CT molecular complexity index is 789. The van der Waals surface area contributed by atoms with Gasteiger partial charge in [-0.05, 0) is 18.2 Å². The van der Waals surface area contributed by atoms with Gasteiger partial charge in [0.15, 0.2) is 17.1 Å². The first kappa shape index (κ1) is 19.7. The normalized spacial score (nSPS) is 24.7. The highest BCUT2D eigenvalue weighted by atomic mass is 19.3. The predicted octanol–water partition coefficient (Wildman–Crippen LogP) is 3.09. The summed E-state index contributed by atoms with van der Waals surface area (Å²) < 4.78 is 41.6. The minimum absolute atomic E-state index is 0.0668. The summed E-state index contributed by atoms with van der Waals surface area (Å²) in [5.41, 5.74) is 0.955. The number of likely N-dealkylation sites (tertiary alicyclic amines) is 1. The van der Waals surface area contributed by atoms with E-state index in [1.165, 1.54) is 11.0 Å². The molecule has 29 heavy (non-hydrogen) atoms. The Balaban J connectivity index is 1.50. The van der Waals surface area contributed by atoms with Crippen molar-refractivity contribution < 1.29 is 37.7 Å². The Morgan fingerprint density at radius 1 is 1.31 bits per heavy atom. The lowest BCUT2D eigenvalue weighted by molar-refractivity contribution is -0.0525. The van der Waals surface area contributed by atoms with Crippen molar-refractivity contribution in [3.05, 3.63) is 23.8 Å². The molecule has 1 spiro atoms. The summed E-state index contributed by atoms with van der Waals surface area (Å²) in [4.78, 5) is 17.9. The van der Waals surface area contributed by atoms with Gasteiger partial charge in [0.05, 0.1) is 18.9 Å². The Kier molecular flexibility index (Phi) is 5.44. The molecular formula is C19H22F2N2O6. The monoisotopic (exact) mass is 412 g/mol. The van der Waals surface area contributed by atoms with Crippen molar-refractivity contribution in [2.45, 2.75) is 44.0 Å². The molecule has 3 heterocycles. The lowest BCUT2D eigenvalue weighted by Gasteiger charge is -2.30. The fraction of sp³-hybridized carbons (Fsp3) is 0.579. The molecule has 1 aromatic rings.